The van der Waals surface area contributed by atoms with Crippen molar-refractivity contribution < 1.29 is 4.74 Å². The highest BCUT2D eigenvalue weighted by atomic mass is 16.5. The fourth-order valence-electron chi connectivity index (χ4n) is 1.11. The molecule has 0 aliphatic carbocycles. The summed E-state index contributed by atoms with van der Waals surface area (Å²) >= 11 is 0. The van der Waals surface area contributed by atoms with E-state index in [9.17, 15) is 0 Å². The van der Waals surface area contributed by atoms with Crippen LogP contribution in [0.5, 0.6) is 0 Å². The molecular formula is C9H18N6O. The van der Waals surface area contributed by atoms with Gasteiger partial charge in [-0.25, -0.2) is 10.8 Å². The third-order valence-electron chi connectivity index (χ3n) is 1.93. The molecule has 0 aliphatic heterocycles. The minimum atomic E-state index is 0.535. The van der Waals surface area contributed by atoms with Gasteiger partial charge < -0.3 is 10.1 Å². The first-order chi connectivity index (χ1) is 7.86. The lowest BCUT2D eigenvalue weighted by Gasteiger charge is -2.08. The maximum absolute atomic E-state index is 5.33. The number of rotatable bonds is 6. The molecule has 0 saturated heterocycles. The molecule has 1 aromatic rings. The van der Waals surface area contributed by atoms with Crippen LogP contribution >= 0.6 is 0 Å². The molecule has 0 unspecified atom stereocenters. The zero-order chi connectivity index (χ0) is 11.6. The molecule has 1 rings (SSSR count). The second kappa shape index (κ2) is 7.66. The SMILES string of the molecule is COCCCNC(=NCc1cn[nH]c1)NN. The number of aromatic amines is 1. The first kappa shape index (κ1) is 12.5. The molecule has 1 heterocycles. The van der Waals surface area contributed by atoms with Gasteiger partial charge in [0.25, 0.3) is 0 Å². The molecule has 5 N–H and O–H groups in total. The monoisotopic (exact) mass is 226 g/mol. The number of nitrogens with one attached hydrogen (secondary N) is 3. The van der Waals surface area contributed by atoms with Crippen molar-refractivity contribution in [2.45, 2.75) is 13.0 Å². The van der Waals surface area contributed by atoms with Gasteiger partial charge in [0.05, 0.1) is 12.7 Å². The number of H-pyrrole nitrogens is 1. The lowest BCUT2D eigenvalue weighted by molar-refractivity contribution is 0.195. The smallest absolute Gasteiger partial charge is 0.206 e. The fourth-order valence-corrected chi connectivity index (χ4v) is 1.11. The lowest BCUT2D eigenvalue weighted by Crippen LogP contribution is -2.42. The Labute approximate surface area is 94.4 Å². The van der Waals surface area contributed by atoms with Gasteiger partial charge in [-0.3, -0.25) is 10.5 Å². The zero-order valence-corrected chi connectivity index (χ0v) is 9.36. The predicted molar refractivity (Wildman–Crippen MR) is 61.5 cm³/mol. The summed E-state index contributed by atoms with van der Waals surface area (Å²) < 4.78 is 4.93. The molecular weight excluding hydrogens is 208 g/mol. The Hall–Kier alpha value is -1.60. The van der Waals surface area contributed by atoms with Crippen molar-refractivity contribution >= 4 is 5.96 Å². The Morgan fingerprint density at radius 1 is 1.69 bits per heavy atom. The van der Waals surface area contributed by atoms with Crippen LogP contribution in [-0.2, 0) is 11.3 Å². The van der Waals surface area contributed by atoms with E-state index >= 15 is 0 Å². The number of nitrogens with two attached hydrogens (primary N) is 1. The average molecular weight is 226 g/mol. The number of methoxy groups -OCH3 is 1. The van der Waals surface area contributed by atoms with Gasteiger partial charge >= 0.3 is 0 Å². The van der Waals surface area contributed by atoms with Gasteiger partial charge in [0.15, 0.2) is 0 Å². The van der Waals surface area contributed by atoms with Crippen LogP contribution < -0.4 is 16.6 Å². The highest BCUT2D eigenvalue weighted by Gasteiger charge is 1.96. The molecule has 16 heavy (non-hydrogen) atoms. The summed E-state index contributed by atoms with van der Waals surface area (Å²) in [4.78, 5) is 4.25. The van der Waals surface area contributed by atoms with Crippen LogP contribution in [0.2, 0.25) is 0 Å². The summed E-state index contributed by atoms with van der Waals surface area (Å²) in [5.74, 6) is 5.90. The van der Waals surface area contributed by atoms with Crippen molar-refractivity contribution in [2.24, 2.45) is 10.8 Å². The maximum atomic E-state index is 5.33. The second-order valence-corrected chi connectivity index (χ2v) is 3.19. The third kappa shape index (κ3) is 4.76. The van der Waals surface area contributed by atoms with Crippen molar-refractivity contribution in [3.63, 3.8) is 0 Å². The van der Waals surface area contributed by atoms with E-state index in [0.717, 1.165) is 18.5 Å². The Bertz CT molecular complexity index is 297. The van der Waals surface area contributed by atoms with Crippen molar-refractivity contribution in [2.75, 3.05) is 20.3 Å². The summed E-state index contributed by atoms with van der Waals surface area (Å²) in [7, 11) is 1.68. The van der Waals surface area contributed by atoms with E-state index in [2.05, 4.69) is 25.9 Å². The number of hydrogen-bond acceptors (Lipinski definition) is 4. The lowest BCUT2D eigenvalue weighted by atomic mass is 10.4. The van der Waals surface area contributed by atoms with Crippen LogP contribution in [0.3, 0.4) is 0 Å². The van der Waals surface area contributed by atoms with Gasteiger partial charge in [-0.2, -0.15) is 5.10 Å². The van der Waals surface area contributed by atoms with E-state index < -0.39 is 0 Å². The van der Waals surface area contributed by atoms with Gasteiger partial charge in [-0.05, 0) is 6.42 Å². The first-order valence-corrected chi connectivity index (χ1v) is 5.08. The molecule has 0 fully saturated rings. The Balaban J connectivity index is 2.27. The average Bonchev–Trinajstić information content (AvgIpc) is 2.81. The molecule has 0 radical (unpaired) electrons. The van der Waals surface area contributed by atoms with E-state index in [1.807, 2.05) is 0 Å². The summed E-state index contributed by atoms with van der Waals surface area (Å²) in [5, 5.41) is 9.62. The number of guanidine groups is 1. The van der Waals surface area contributed by atoms with Crippen molar-refractivity contribution in [1.29, 1.82) is 0 Å². The van der Waals surface area contributed by atoms with Crippen LogP contribution in [0, 0.1) is 0 Å². The summed E-state index contributed by atoms with van der Waals surface area (Å²) in [5.41, 5.74) is 3.51. The highest BCUT2D eigenvalue weighted by molar-refractivity contribution is 5.79. The molecule has 0 aromatic carbocycles. The molecule has 1 aromatic heterocycles. The number of aromatic nitrogens is 2. The standard InChI is InChI=1S/C9H18N6O/c1-16-4-2-3-11-9(15-10)12-5-8-6-13-14-7-8/h6-7H,2-5,10H2,1H3,(H,13,14)(H2,11,12,15). The number of ether oxygens (including phenoxy) is 1. The Kier molecular flexibility index (Phi) is 5.97. The molecule has 0 aliphatic rings. The van der Waals surface area contributed by atoms with Crippen molar-refractivity contribution in [3.8, 4) is 0 Å². The van der Waals surface area contributed by atoms with Gasteiger partial charge in [-0.1, -0.05) is 0 Å². The number of nitrogens with zero attached hydrogens (tertiary/aromatic N) is 2. The summed E-state index contributed by atoms with van der Waals surface area (Å²) in [6.07, 6.45) is 4.42. The van der Waals surface area contributed by atoms with E-state index in [4.69, 9.17) is 10.6 Å². The van der Waals surface area contributed by atoms with Crippen LogP contribution in [0.25, 0.3) is 0 Å². The minimum absolute atomic E-state index is 0.535. The largest absolute Gasteiger partial charge is 0.385 e. The Morgan fingerprint density at radius 2 is 2.56 bits per heavy atom. The molecule has 90 valence electrons. The van der Waals surface area contributed by atoms with E-state index in [1.54, 1.807) is 19.5 Å². The highest BCUT2D eigenvalue weighted by Crippen LogP contribution is 1.95. The molecule has 0 bridgehead atoms. The summed E-state index contributed by atoms with van der Waals surface area (Å²) in [6, 6.07) is 0. The van der Waals surface area contributed by atoms with Crippen molar-refractivity contribution in [1.82, 2.24) is 20.9 Å². The molecule has 0 atom stereocenters. The molecule has 0 spiro atoms. The van der Waals surface area contributed by atoms with Crippen LogP contribution in [-0.4, -0.2) is 36.4 Å². The summed E-state index contributed by atoms with van der Waals surface area (Å²) in [6.45, 7) is 2.02. The quantitative estimate of drug-likeness (QED) is 0.170. The second-order valence-electron chi connectivity index (χ2n) is 3.19. The number of hydrogen-bond donors (Lipinski definition) is 4. The third-order valence-corrected chi connectivity index (χ3v) is 1.93. The number of hydrazine groups is 1. The van der Waals surface area contributed by atoms with E-state index in [0.29, 0.717) is 19.1 Å². The van der Waals surface area contributed by atoms with Crippen molar-refractivity contribution in [3.05, 3.63) is 18.0 Å². The topological polar surface area (TPSA) is 100 Å². The van der Waals surface area contributed by atoms with Crippen LogP contribution in [0.15, 0.2) is 17.4 Å². The maximum Gasteiger partial charge on any atom is 0.206 e. The fraction of sp³-hybridized carbons (Fsp3) is 0.556. The molecule has 0 amide bonds. The van der Waals surface area contributed by atoms with Gasteiger partial charge in [0.2, 0.25) is 5.96 Å². The van der Waals surface area contributed by atoms with Gasteiger partial charge in [0.1, 0.15) is 0 Å². The minimum Gasteiger partial charge on any atom is -0.385 e. The number of aliphatic imine (C=N–C) groups is 1. The van der Waals surface area contributed by atoms with Gasteiger partial charge in [-0.15, -0.1) is 0 Å². The zero-order valence-electron chi connectivity index (χ0n) is 9.36. The van der Waals surface area contributed by atoms with E-state index in [-0.39, 0.29) is 0 Å². The van der Waals surface area contributed by atoms with Crippen LogP contribution in [0.1, 0.15) is 12.0 Å². The normalized spacial score (nSPS) is 11.5. The molecule has 7 heteroatoms. The molecule has 7 nitrogen and oxygen atoms in total. The molecule has 0 saturated carbocycles. The predicted octanol–water partition coefficient (Wildman–Crippen LogP) is -0.645. The van der Waals surface area contributed by atoms with Gasteiger partial charge in [0, 0.05) is 32.0 Å². The Morgan fingerprint density at radius 3 is 3.19 bits per heavy atom. The van der Waals surface area contributed by atoms with E-state index in [1.165, 1.54) is 0 Å². The van der Waals surface area contributed by atoms with Crippen LogP contribution in [0.4, 0.5) is 0 Å². The first-order valence-electron chi connectivity index (χ1n) is 5.08.